The van der Waals surface area contributed by atoms with Crippen LogP contribution in [0.5, 0.6) is 0 Å². The highest BCUT2D eigenvalue weighted by molar-refractivity contribution is 6.00. The van der Waals surface area contributed by atoms with Crippen molar-refractivity contribution in [2.24, 2.45) is 0 Å². The van der Waals surface area contributed by atoms with Crippen LogP contribution in [-0.2, 0) is 4.74 Å². The lowest BCUT2D eigenvalue weighted by Gasteiger charge is -2.10. The monoisotopic (exact) mass is 287 g/mol. The van der Waals surface area contributed by atoms with Crippen molar-refractivity contribution in [3.63, 3.8) is 0 Å². The van der Waals surface area contributed by atoms with Crippen LogP contribution in [0.15, 0.2) is 29.0 Å². The fourth-order valence-corrected chi connectivity index (χ4v) is 2.44. The fourth-order valence-electron chi connectivity index (χ4n) is 2.44. The second-order valence-corrected chi connectivity index (χ2v) is 5.05. The molecule has 1 amide bonds. The summed E-state index contributed by atoms with van der Waals surface area (Å²) in [5, 5.41) is 6.80. The van der Waals surface area contributed by atoms with E-state index >= 15 is 0 Å². The van der Waals surface area contributed by atoms with Crippen molar-refractivity contribution in [1.82, 2.24) is 15.5 Å². The Labute approximate surface area is 122 Å². The standard InChI is InChI=1S/C15H17N3O3/c1-10-13(15(19)17-9-12-3-2-8-20-12)14(21-18-10)11-4-6-16-7-5-11/h4-7,12H,2-3,8-9H2,1H3,(H,17,19). The molecule has 6 nitrogen and oxygen atoms in total. The van der Waals surface area contributed by atoms with Gasteiger partial charge in [0.15, 0.2) is 5.76 Å². The Kier molecular flexibility index (Phi) is 3.96. The molecular formula is C15H17N3O3. The Bertz CT molecular complexity index is 618. The van der Waals surface area contributed by atoms with E-state index in [1.165, 1.54) is 0 Å². The van der Waals surface area contributed by atoms with E-state index in [1.807, 2.05) is 0 Å². The summed E-state index contributed by atoms with van der Waals surface area (Å²) in [7, 11) is 0. The van der Waals surface area contributed by atoms with Crippen LogP contribution < -0.4 is 5.32 Å². The molecule has 0 aromatic carbocycles. The maximum absolute atomic E-state index is 12.4. The second-order valence-electron chi connectivity index (χ2n) is 5.05. The van der Waals surface area contributed by atoms with Crippen LogP contribution in [0.2, 0.25) is 0 Å². The summed E-state index contributed by atoms with van der Waals surface area (Å²) in [6.07, 6.45) is 5.45. The van der Waals surface area contributed by atoms with Gasteiger partial charge in [-0.15, -0.1) is 0 Å². The summed E-state index contributed by atoms with van der Waals surface area (Å²) in [5.74, 6) is 0.288. The molecule has 1 unspecified atom stereocenters. The van der Waals surface area contributed by atoms with Crippen LogP contribution in [0.3, 0.4) is 0 Å². The zero-order valence-electron chi connectivity index (χ0n) is 11.8. The van der Waals surface area contributed by atoms with Crippen molar-refractivity contribution < 1.29 is 14.1 Å². The van der Waals surface area contributed by atoms with Crippen LogP contribution in [0.25, 0.3) is 11.3 Å². The first kappa shape index (κ1) is 13.8. The molecule has 0 radical (unpaired) electrons. The van der Waals surface area contributed by atoms with E-state index in [-0.39, 0.29) is 12.0 Å². The van der Waals surface area contributed by atoms with Crippen LogP contribution in [0.4, 0.5) is 0 Å². The molecule has 0 aliphatic carbocycles. The van der Waals surface area contributed by atoms with Crippen molar-refractivity contribution in [2.45, 2.75) is 25.9 Å². The smallest absolute Gasteiger partial charge is 0.257 e. The number of hydrogen-bond donors (Lipinski definition) is 1. The first-order valence-electron chi connectivity index (χ1n) is 7.02. The summed E-state index contributed by atoms with van der Waals surface area (Å²) >= 11 is 0. The average molecular weight is 287 g/mol. The van der Waals surface area contributed by atoms with E-state index in [9.17, 15) is 4.79 Å². The Balaban J connectivity index is 1.78. The zero-order chi connectivity index (χ0) is 14.7. The molecule has 1 atom stereocenters. The SMILES string of the molecule is Cc1noc(-c2ccncc2)c1C(=O)NCC1CCCO1. The number of nitrogens with zero attached hydrogens (tertiary/aromatic N) is 2. The average Bonchev–Trinajstić information content (AvgIpc) is 3.15. The molecule has 1 N–H and O–H groups in total. The van der Waals surface area contributed by atoms with Crippen LogP contribution >= 0.6 is 0 Å². The van der Waals surface area contributed by atoms with Crippen molar-refractivity contribution in [3.05, 3.63) is 35.8 Å². The third-order valence-corrected chi connectivity index (χ3v) is 3.55. The number of nitrogens with one attached hydrogen (secondary N) is 1. The van der Waals surface area contributed by atoms with E-state index in [0.717, 1.165) is 25.0 Å². The first-order chi connectivity index (χ1) is 10.3. The fraction of sp³-hybridized carbons (Fsp3) is 0.400. The van der Waals surface area contributed by atoms with Gasteiger partial charge in [-0.25, -0.2) is 0 Å². The number of carbonyl (C=O) groups excluding carboxylic acids is 1. The Morgan fingerprint density at radius 2 is 2.24 bits per heavy atom. The number of pyridine rings is 1. The first-order valence-corrected chi connectivity index (χ1v) is 7.02. The van der Waals surface area contributed by atoms with Gasteiger partial charge in [-0.1, -0.05) is 5.16 Å². The summed E-state index contributed by atoms with van der Waals surface area (Å²) in [6, 6.07) is 3.58. The molecule has 110 valence electrons. The molecule has 3 heterocycles. The topological polar surface area (TPSA) is 77.2 Å². The third kappa shape index (κ3) is 2.95. The molecule has 1 aliphatic rings. The normalized spacial score (nSPS) is 17.9. The number of aryl methyl sites for hydroxylation is 1. The van der Waals surface area contributed by atoms with E-state index in [0.29, 0.717) is 23.6 Å². The van der Waals surface area contributed by atoms with Crippen LogP contribution in [0.1, 0.15) is 28.9 Å². The van der Waals surface area contributed by atoms with Crippen LogP contribution in [0, 0.1) is 6.92 Å². The third-order valence-electron chi connectivity index (χ3n) is 3.55. The van der Waals surface area contributed by atoms with Crippen molar-refractivity contribution >= 4 is 5.91 Å². The van der Waals surface area contributed by atoms with Gasteiger partial charge < -0.3 is 14.6 Å². The molecule has 21 heavy (non-hydrogen) atoms. The lowest BCUT2D eigenvalue weighted by atomic mass is 10.1. The minimum absolute atomic E-state index is 0.110. The number of amides is 1. The predicted molar refractivity (Wildman–Crippen MR) is 75.8 cm³/mol. The van der Waals surface area contributed by atoms with E-state index in [4.69, 9.17) is 9.26 Å². The Hall–Kier alpha value is -2.21. The minimum Gasteiger partial charge on any atom is -0.376 e. The maximum atomic E-state index is 12.4. The van der Waals surface area contributed by atoms with Crippen LogP contribution in [-0.4, -0.2) is 35.3 Å². The van der Waals surface area contributed by atoms with E-state index in [2.05, 4.69) is 15.5 Å². The minimum atomic E-state index is -0.184. The van der Waals surface area contributed by atoms with Gasteiger partial charge in [-0.2, -0.15) is 0 Å². The molecular weight excluding hydrogens is 270 g/mol. The number of carbonyl (C=O) groups is 1. The highest BCUT2D eigenvalue weighted by atomic mass is 16.5. The van der Waals surface area contributed by atoms with E-state index < -0.39 is 0 Å². The highest BCUT2D eigenvalue weighted by Gasteiger charge is 2.23. The van der Waals surface area contributed by atoms with Gasteiger partial charge in [0, 0.05) is 31.1 Å². The van der Waals surface area contributed by atoms with Gasteiger partial charge >= 0.3 is 0 Å². The molecule has 1 fully saturated rings. The molecule has 6 heteroatoms. The van der Waals surface area contributed by atoms with Gasteiger partial charge in [-0.3, -0.25) is 9.78 Å². The number of aromatic nitrogens is 2. The second kappa shape index (κ2) is 6.05. The van der Waals surface area contributed by atoms with Crippen molar-refractivity contribution in [2.75, 3.05) is 13.2 Å². The largest absolute Gasteiger partial charge is 0.376 e. The van der Waals surface area contributed by atoms with Gasteiger partial charge in [0.2, 0.25) is 0 Å². The van der Waals surface area contributed by atoms with Crippen molar-refractivity contribution in [3.8, 4) is 11.3 Å². The summed E-state index contributed by atoms with van der Waals surface area (Å²) in [5.41, 5.74) is 1.83. The summed E-state index contributed by atoms with van der Waals surface area (Å²) in [4.78, 5) is 16.4. The Morgan fingerprint density at radius 1 is 1.43 bits per heavy atom. The molecule has 2 aromatic heterocycles. The van der Waals surface area contributed by atoms with Gasteiger partial charge in [0.25, 0.3) is 5.91 Å². The molecule has 1 aliphatic heterocycles. The number of rotatable bonds is 4. The molecule has 2 aromatic rings. The van der Waals surface area contributed by atoms with Gasteiger partial charge in [0.05, 0.1) is 11.8 Å². The lowest BCUT2D eigenvalue weighted by Crippen LogP contribution is -2.32. The molecule has 0 spiro atoms. The van der Waals surface area contributed by atoms with Gasteiger partial charge in [-0.05, 0) is 31.9 Å². The van der Waals surface area contributed by atoms with Crippen molar-refractivity contribution in [1.29, 1.82) is 0 Å². The highest BCUT2D eigenvalue weighted by Crippen LogP contribution is 2.25. The number of ether oxygens (including phenoxy) is 1. The predicted octanol–water partition coefficient (Wildman–Crippen LogP) is 1.95. The molecule has 1 saturated heterocycles. The quantitative estimate of drug-likeness (QED) is 0.930. The lowest BCUT2D eigenvalue weighted by molar-refractivity contribution is 0.0857. The Morgan fingerprint density at radius 3 is 2.95 bits per heavy atom. The zero-order valence-corrected chi connectivity index (χ0v) is 11.8. The summed E-state index contributed by atoms with van der Waals surface area (Å²) < 4.78 is 10.8. The molecule has 0 bridgehead atoms. The molecule has 3 rings (SSSR count). The summed E-state index contributed by atoms with van der Waals surface area (Å²) in [6.45, 7) is 3.05. The van der Waals surface area contributed by atoms with E-state index in [1.54, 1.807) is 31.5 Å². The number of hydrogen-bond acceptors (Lipinski definition) is 5. The molecule has 0 saturated carbocycles. The maximum Gasteiger partial charge on any atom is 0.257 e. The van der Waals surface area contributed by atoms with Gasteiger partial charge in [0.1, 0.15) is 5.56 Å².